The van der Waals surface area contributed by atoms with Crippen molar-refractivity contribution in [2.75, 3.05) is 0 Å². The molecule has 0 radical (unpaired) electrons. The van der Waals surface area contributed by atoms with E-state index in [-0.39, 0.29) is 11.2 Å². The summed E-state index contributed by atoms with van der Waals surface area (Å²) < 4.78 is 6.87. The fourth-order valence-corrected chi connectivity index (χ4v) is 1.39. The van der Waals surface area contributed by atoms with E-state index in [0.29, 0.717) is 5.59 Å². The van der Waals surface area contributed by atoms with Crippen molar-refractivity contribution in [1.29, 1.82) is 0 Å². The Morgan fingerprint density at radius 3 is 2.67 bits per heavy atom. The second-order valence-corrected chi connectivity index (χ2v) is 3.76. The van der Waals surface area contributed by atoms with Gasteiger partial charge in [0.05, 0.1) is 12.5 Å². The quantitative estimate of drug-likeness (QED) is 0.507. The SMILES string of the molecule is Cn1cnc(B(O)Oc2cncc(B(O)O)c2)c1. The highest BCUT2D eigenvalue weighted by molar-refractivity contribution is 6.60. The van der Waals surface area contributed by atoms with Crippen LogP contribution >= 0.6 is 0 Å². The number of aryl methyl sites for hydroxylation is 1. The highest BCUT2D eigenvalue weighted by Gasteiger charge is 2.22. The fraction of sp³-hybridized carbons (Fsp3) is 0.111. The second-order valence-electron chi connectivity index (χ2n) is 3.76. The zero-order chi connectivity index (χ0) is 13.1. The Balaban J connectivity index is 2.11. The monoisotopic (exact) mass is 247 g/mol. The minimum Gasteiger partial charge on any atom is -0.530 e. The Hall–Kier alpha value is -1.83. The van der Waals surface area contributed by atoms with E-state index in [2.05, 4.69) is 9.97 Å². The van der Waals surface area contributed by atoms with Crippen molar-refractivity contribution in [2.45, 2.75) is 0 Å². The number of rotatable bonds is 4. The molecule has 0 aliphatic carbocycles. The van der Waals surface area contributed by atoms with E-state index >= 15 is 0 Å². The zero-order valence-corrected chi connectivity index (χ0v) is 9.63. The predicted molar refractivity (Wildman–Crippen MR) is 65.5 cm³/mol. The normalized spacial score (nSPS) is 10.2. The van der Waals surface area contributed by atoms with Crippen molar-refractivity contribution < 1.29 is 19.7 Å². The minimum atomic E-state index is -1.63. The first kappa shape index (κ1) is 12.6. The minimum absolute atomic E-state index is 0.181. The first-order valence-electron chi connectivity index (χ1n) is 5.20. The zero-order valence-electron chi connectivity index (χ0n) is 9.63. The molecular weight excluding hydrogens is 236 g/mol. The van der Waals surface area contributed by atoms with Crippen molar-refractivity contribution in [3.8, 4) is 5.75 Å². The summed E-state index contributed by atoms with van der Waals surface area (Å²) in [6, 6.07) is 1.38. The lowest BCUT2D eigenvalue weighted by Crippen LogP contribution is -2.38. The molecule has 7 nitrogen and oxygen atoms in total. The second kappa shape index (κ2) is 5.21. The summed E-state index contributed by atoms with van der Waals surface area (Å²) in [5.74, 6) is 0.221. The van der Waals surface area contributed by atoms with E-state index in [4.69, 9.17) is 14.7 Å². The van der Waals surface area contributed by atoms with Gasteiger partial charge >= 0.3 is 14.2 Å². The molecule has 9 heteroatoms. The van der Waals surface area contributed by atoms with Crippen LogP contribution in [0, 0.1) is 0 Å². The molecule has 0 unspecified atom stereocenters. The summed E-state index contributed by atoms with van der Waals surface area (Å²) in [6.45, 7) is 0. The maximum Gasteiger partial charge on any atom is 0.581 e. The van der Waals surface area contributed by atoms with Gasteiger partial charge in [0, 0.05) is 24.9 Å². The van der Waals surface area contributed by atoms with E-state index in [0.717, 1.165) is 0 Å². The average Bonchev–Trinajstić information content (AvgIpc) is 2.76. The van der Waals surface area contributed by atoms with Crippen LogP contribution in [0.1, 0.15) is 0 Å². The van der Waals surface area contributed by atoms with Crippen molar-refractivity contribution in [3.63, 3.8) is 0 Å². The van der Waals surface area contributed by atoms with Crippen LogP contribution in [0.3, 0.4) is 0 Å². The Morgan fingerprint density at radius 1 is 1.28 bits per heavy atom. The topological polar surface area (TPSA) is 101 Å². The van der Waals surface area contributed by atoms with Gasteiger partial charge in [-0.25, -0.2) is 4.98 Å². The average molecular weight is 247 g/mol. The third-order valence-electron chi connectivity index (χ3n) is 2.26. The van der Waals surface area contributed by atoms with Crippen LogP contribution in [-0.4, -0.2) is 43.8 Å². The first-order valence-corrected chi connectivity index (χ1v) is 5.20. The van der Waals surface area contributed by atoms with Crippen LogP contribution in [0.4, 0.5) is 0 Å². The third kappa shape index (κ3) is 2.89. The van der Waals surface area contributed by atoms with Crippen LogP contribution in [0.2, 0.25) is 0 Å². The van der Waals surface area contributed by atoms with Gasteiger partial charge in [0.1, 0.15) is 11.3 Å². The molecule has 3 N–H and O–H groups in total. The highest BCUT2D eigenvalue weighted by atomic mass is 16.5. The Kier molecular flexibility index (Phi) is 3.66. The van der Waals surface area contributed by atoms with Crippen LogP contribution in [0.5, 0.6) is 5.75 Å². The molecule has 0 fully saturated rings. The summed E-state index contributed by atoms with van der Waals surface area (Å²) >= 11 is 0. The smallest absolute Gasteiger partial charge is 0.530 e. The molecular formula is C9H11B2N3O4. The van der Waals surface area contributed by atoms with Gasteiger partial charge in [-0.3, -0.25) is 4.98 Å². The number of hydrogen-bond acceptors (Lipinski definition) is 6. The molecule has 0 amide bonds. The molecule has 0 aromatic carbocycles. The molecule has 0 saturated carbocycles. The van der Waals surface area contributed by atoms with E-state index in [1.807, 2.05) is 0 Å². The van der Waals surface area contributed by atoms with E-state index in [9.17, 15) is 5.02 Å². The lowest BCUT2D eigenvalue weighted by molar-refractivity contribution is 0.421. The lowest BCUT2D eigenvalue weighted by atomic mass is 9.81. The largest absolute Gasteiger partial charge is 0.581 e. The number of imidazole rings is 1. The van der Waals surface area contributed by atoms with E-state index in [1.165, 1.54) is 24.8 Å². The number of pyridine rings is 1. The molecule has 0 saturated heterocycles. The van der Waals surface area contributed by atoms with E-state index < -0.39 is 14.2 Å². The van der Waals surface area contributed by atoms with Gasteiger partial charge in [-0.1, -0.05) is 0 Å². The van der Waals surface area contributed by atoms with Gasteiger partial charge in [-0.15, -0.1) is 0 Å². The van der Waals surface area contributed by atoms with Gasteiger partial charge in [-0.05, 0) is 6.07 Å². The summed E-state index contributed by atoms with van der Waals surface area (Å²) in [5.41, 5.74) is 0.535. The van der Waals surface area contributed by atoms with E-state index in [1.54, 1.807) is 17.8 Å². The van der Waals surface area contributed by atoms with Gasteiger partial charge in [0.2, 0.25) is 0 Å². The molecule has 2 rings (SSSR count). The molecule has 0 aliphatic rings. The van der Waals surface area contributed by atoms with Crippen LogP contribution in [0.15, 0.2) is 31.0 Å². The molecule has 0 atom stereocenters. The number of nitrogens with zero attached hydrogens (tertiary/aromatic N) is 3. The first-order chi connectivity index (χ1) is 8.56. The molecule has 92 valence electrons. The molecule has 0 bridgehead atoms. The van der Waals surface area contributed by atoms with Gasteiger partial charge < -0.3 is 24.3 Å². The molecule has 2 aromatic rings. The molecule has 18 heavy (non-hydrogen) atoms. The maximum atomic E-state index is 9.77. The van der Waals surface area contributed by atoms with Gasteiger partial charge in [-0.2, -0.15) is 0 Å². The number of hydrogen-bond donors (Lipinski definition) is 3. The maximum absolute atomic E-state index is 9.77. The third-order valence-corrected chi connectivity index (χ3v) is 2.26. The molecule has 0 spiro atoms. The number of aromatic nitrogens is 3. The Morgan fingerprint density at radius 2 is 2.06 bits per heavy atom. The molecule has 0 aliphatic heterocycles. The summed E-state index contributed by atoms with van der Waals surface area (Å²) in [6.07, 6.45) is 5.81. The van der Waals surface area contributed by atoms with Crippen LogP contribution in [0.25, 0.3) is 0 Å². The van der Waals surface area contributed by atoms with Gasteiger partial charge in [0.15, 0.2) is 0 Å². The van der Waals surface area contributed by atoms with Gasteiger partial charge in [0.25, 0.3) is 0 Å². The molecule has 2 heterocycles. The van der Waals surface area contributed by atoms with Crippen molar-refractivity contribution in [2.24, 2.45) is 7.05 Å². The lowest BCUT2D eigenvalue weighted by Gasteiger charge is -2.08. The summed E-state index contributed by atoms with van der Waals surface area (Å²) in [7, 11) is -1.10. The molecule has 2 aromatic heterocycles. The van der Waals surface area contributed by atoms with Crippen LogP contribution in [-0.2, 0) is 7.05 Å². The van der Waals surface area contributed by atoms with Crippen molar-refractivity contribution >= 4 is 25.3 Å². The van der Waals surface area contributed by atoms with Crippen molar-refractivity contribution in [3.05, 3.63) is 31.0 Å². The Labute approximate surface area is 104 Å². The Bertz CT molecular complexity index is 534. The summed E-state index contributed by atoms with van der Waals surface area (Å²) in [5, 5.41) is 27.7. The standard InChI is InChI=1S/C9H11B2N3O4/c1-14-5-9(13-6-14)11(17)18-8-2-7(10(15)16)3-12-4-8/h2-6,15-17H,1H3. The fourth-order valence-electron chi connectivity index (χ4n) is 1.39. The summed E-state index contributed by atoms with van der Waals surface area (Å²) in [4.78, 5) is 7.71. The predicted octanol–water partition coefficient (Wildman–Crippen LogP) is -2.74. The van der Waals surface area contributed by atoms with Crippen molar-refractivity contribution in [1.82, 2.24) is 14.5 Å². The van der Waals surface area contributed by atoms with Crippen LogP contribution < -0.4 is 15.7 Å². The highest BCUT2D eigenvalue weighted by Crippen LogP contribution is 2.06.